The van der Waals surface area contributed by atoms with Gasteiger partial charge in [-0.1, -0.05) is 12.1 Å². The van der Waals surface area contributed by atoms with Gasteiger partial charge in [0, 0.05) is 19.1 Å². The van der Waals surface area contributed by atoms with Gasteiger partial charge in [-0.05, 0) is 38.8 Å². The van der Waals surface area contributed by atoms with E-state index in [9.17, 15) is 9.59 Å². The first kappa shape index (κ1) is 16.0. The number of nitrogens with one attached hydrogen (secondary N) is 1. The lowest BCUT2D eigenvalue weighted by molar-refractivity contribution is 0.0652. The zero-order valence-electron chi connectivity index (χ0n) is 13.0. The van der Waals surface area contributed by atoms with Crippen molar-refractivity contribution in [2.75, 3.05) is 13.1 Å². The van der Waals surface area contributed by atoms with Crippen molar-refractivity contribution in [2.45, 2.75) is 32.7 Å². The minimum absolute atomic E-state index is 0.204. The second-order valence-electron chi connectivity index (χ2n) is 5.58. The molecule has 2 amide bonds. The molecule has 0 saturated carbocycles. The number of carbonyl (C=O) groups excluding carboxylic acids is 2. The van der Waals surface area contributed by atoms with E-state index in [4.69, 9.17) is 5.73 Å². The van der Waals surface area contributed by atoms with E-state index >= 15 is 0 Å². The Kier molecular flexibility index (Phi) is 5.14. The Hall–Kier alpha value is -2.37. The average molecular weight is 302 g/mol. The smallest absolute Gasteiger partial charge is 0.261 e. The molecule has 0 aromatic heterocycles. The Morgan fingerprint density at radius 3 is 2.32 bits per heavy atom. The fourth-order valence-corrected chi connectivity index (χ4v) is 2.36. The summed E-state index contributed by atoms with van der Waals surface area (Å²) in [5, 5.41) is 3.01. The lowest BCUT2D eigenvalue weighted by Gasteiger charge is -2.13. The maximum atomic E-state index is 12.1. The van der Waals surface area contributed by atoms with Gasteiger partial charge in [-0.3, -0.25) is 19.5 Å². The molecule has 0 atom stereocenters. The third kappa shape index (κ3) is 3.63. The van der Waals surface area contributed by atoms with Crippen LogP contribution < -0.4 is 11.1 Å². The quantitative estimate of drug-likeness (QED) is 0.359. The molecule has 1 heterocycles. The monoisotopic (exact) mass is 302 g/mol. The summed E-state index contributed by atoms with van der Waals surface area (Å²) < 4.78 is 0. The number of imide groups is 1. The summed E-state index contributed by atoms with van der Waals surface area (Å²) in [7, 11) is 0. The molecule has 0 saturated heterocycles. The third-order valence-corrected chi connectivity index (χ3v) is 3.39. The molecule has 1 aliphatic rings. The van der Waals surface area contributed by atoms with Crippen molar-refractivity contribution in [1.82, 2.24) is 10.2 Å². The van der Waals surface area contributed by atoms with Gasteiger partial charge in [-0.2, -0.15) is 0 Å². The molecule has 1 aliphatic heterocycles. The van der Waals surface area contributed by atoms with Crippen molar-refractivity contribution < 1.29 is 9.59 Å². The lowest BCUT2D eigenvalue weighted by Crippen LogP contribution is -2.36. The molecule has 6 nitrogen and oxygen atoms in total. The molecule has 0 fully saturated rings. The number of nitrogens with zero attached hydrogens (tertiary/aromatic N) is 2. The van der Waals surface area contributed by atoms with E-state index in [1.54, 1.807) is 24.3 Å². The number of hydrogen-bond donors (Lipinski definition) is 2. The van der Waals surface area contributed by atoms with Crippen LogP contribution in [0.15, 0.2) is 29.3 Å². The molecular weight excluding hydrogens is 280 g/mol. The van der Waals surface area contributed by atoms with Gasteiger partial charge in [0.05, 0.1) is 11.1 Å². The predicted molar refractivity (Wildman–Crippen MR) is 85.8 cm³/mol. The van der Waals surface area contributed by atoms with Gasteiger partial charge in [0.1, 0.15) is 0 Å². The van der Waals surface area contributed by atoms with Crippen LogP contribution in [0.25, 0.3) is 0 Å². The van der Waals surface area contributed by atoms with Crippen LogP contribution in [0.4, 0.5) is 0 Å². The summed E-state index contributed by atoms with van der Waals surface area (Å²) in [6, 6.07) is 7.18. The first-order valence-corrected chi connectivity index (χ1v) is 7.52. The van der Waals surface area contributed by atoms with Crippen LogP contribution in [0, 0.1) is 0 Å². The number of carbonyl (C=O) groups is 2. The van der Waals surface area contributed by atoms with Gasteiger partial charge in [0.15, 0.2) is 5.96 Å². The number of fused-ring (bicyclic) bond motifs is 1. The zero-order valence-corrected chi connectivity index (χ0v) is 13.0. The number of hydrogen-bond acceptors (Lipinski definition) is 3. The highest BCUT2D eigenvalue weighted by molar-refractivity contribution is 6.21. The van der Waals surface area contributed by atoms with E-state index in [1.165, 1.54) is 4.90 Å². The van der Waals surface area contributed by atoms with Gasteiger partial charge in [-0.25, -0.2) is 0 Å². The normalized spacial score (nSPS) is 14.7. The molecule has 3 N–H and O–H groups in total. The number of aliphatic imine (C=N–C) groups is 1. The SMILES string of the molecule is CC(C)NC(N)=NCCCCN1C(=O)c2ccccc2C1=O. The first-order valence-electron chi connectivity index (χ1n) is 7.52. The molecule has 6 heteroatoms. The lowest BCUT2D eigenvalue weighted by atomic mass is 10.1. The highest BCUT2D eigenvalue weighted by Crippen LogP contribution is 2.22. The molecule has 118 valence electrons. The van der Waals surface area contributed by atoms with E-state index < -0.39 is 0 Å². The van der Waals surface area contributed by atoms with E-state index in [-0.39, 0.29) is 17.9 Å². The van der Waals surface area contributed by atoms with Crippen LogP contribution in [0.5, 0.6) is 0 Å². The maximum absolute atomic E-state index is 12.1. The molecule has 0 bridgehead atoms. The molecule has 1 aromatic carbocycles. The minimum atomic E-state index is -0.204. The molecule has 2 rings (SSSR count). The van der Waals surface area contributed by atoms with Crippen molar-refractivity contribution >= 4 is 17.8 Å². The maximum Gasteiger partial charge on any atom is 0.261 e. The van der Waals surface area contributed by atoms with Crippen LogP contribution in [0.3, 0.4) is 0 Å². The Morgan fingerprint density at radius 2 is 1.77 bits per heavy atom. The molecular formula is C16H22N4O2. The number of benzene rings is 1. The summed E-state index contributed by atoms with van der Waals surface area (Å²) in [4.78, 5) is 29.8. The highest BCUT2D eigenvalue weighted by atomic mass is 16.2. The topological polar surface area (TPSA) is 87.8 Å². The number of amides is 2. The van der Waals surface area contributed by atoms with E-state index in [2.05, 4.69) is 10.3 Å². The fourth-order valence-electron chi connectivity index (χ4n) is 2.36. The van der Waals surface area contributed by atoms with Crippen LogP contribution in [0.1, 0.15) is 47.4 Å². The molecule has 1 aromatic rings. The van der Waals surface area contributed by atoms with Crippen molar-refractivity contribution in [3.05, 3.63) is 35.4 Å². The van der Waals surface area contributed by atoms with Gasteiger partial charge < -0.3 is 11.1 Å². The van der Waals surface area contributed by atoms with Crippen molar-refractivity contribution in [1.29, 1.82) is 0 Å². The standard InChI is InChI=1S/C16H22N4O2/c1-11(2)19-16(17)18-9-5-6-10-20-14(21)12-7-3-4-8-13(12)15(20)22/h3-4,7-8,11H,5-6,9-10H2,1-2H3,(H3,17,18,19). The number of guanidine groups is 1. The molecule has 0 spiro atoms. The van der Waals surface area contributed by atoms with Crippen molar-refractivity contribution in [2.24, 2.45) is 10.7 Å². The second-order valence-corrected chi connectivity index (χ2v) is 5.58. The molecule has 0 aliphatic carbocycles. The van der Waals surface area contributed by atoms with E-state index in [1.807, 2.05) is 13.8 Å². The summed E-state index contributed by atoms with van der Waals surface area (Å²) in [5.74, 6) is 0.0194. The molecule has 22 heavy (non-hydrogen) atoms. The Morgan fingerprint density at radius 1 is 1.18 bits per heavy atom. The van der Waals surface area contributed by atoms with E-state index in [0.29, 0.717) is 36.6 Å². The van der Waals surface area contributed by atoms with Crippen molar-refractivity contribution in [3.63, 3.8) is 0 Å². The predicted octanol–water partition coefficient (Wildman–Crippen LogP) is 1.38. The Labute approximate surface area is 130 Å². The highest BCUT2D eigenvalue weighted by Gasteiger charge is 2.34. The van der Waals surface area contributed by atoms with E-state index in [0.717, 1.165) is 6.42 Å². The second kappa shape index (κ2) is 7.06. The first-order chi connectivity index (χ1) is 10.5. The van der Waals surface area contributed by atoms with Gasteiger partial charge >= 0.3 is 0 Å². The third-order valence-electron chi connectivity index (χ3n) is 3.39. The summed E-state index contributed by atoms with van der Waals surface area (Å²) in [5.41, 5.74) is 6.69. The van der Waals surface area contributed by atoms with Gasteiger partial charge in [0.2, 0.25) is 0 Å². The summed E-state index contributed by atoms with van der Waals surface area (Å²) >= 11 is 0. The summed E-state index contributed by atoms with van der Waals surface area (Å²) in [6.07, 6.45) is 1.48. The van der Waals surface area contributed by atoms with Crippen LogP contribution in [0.2, 0.25) is 0 Å². The number of nitrogens with two attached hydrogens (primary N) is 1. The Balaban J connectivity index is 1.80. The largest absolute Gasteiger partial charge is 0.370 e. The average Bonchev–Trinajstić information content (AvgIpc) is 2.71. The number of rotatable bonds is 6. The molecule has 0 unspecified atom stereocenters. The number of unbranched alkanes of at least 4 members (excludes halogenated alkanes) is 1. The van der Waals surface area contributed by atoms with Crippen LogP contribution >= 0.6 is 0 Å². The zero-order chi connectivity index (χ0) is 16.1. The molecule has 0 radical (unpaired) electrons. The fraction of sp³-hybridized carbons (Fsp3) is 0.438. The summed E-state index contributed by atoms with van der Waals surface area (Å²) in [6.45, 7) is 4.98. The van der Waals surface area contributed by atoms with Gasteiger partial charge in [0.25, 0.3) is 11.8 Å². The van der Waals surface area contributed by atoms with Crippen LogP contribution in [-0.4, -0.2) is 41.8 Å². The minimum Gasteiger partial charge on any atom is -0.370 e. The van der Waals surface area contributed by atoms with Crippen molar-refractivity contribution in [3.8, 4) is 0 Å². The van der Waals surface area contributed by atoms with Gasteiger partial charge in [-0.15, -0.1) is 0 Å². The Bertz CT molecular complexity index is 561. The van der Waals surface area contributed by atoms with Crippen LogP contribution in [-0.2, 0) is 0 Å².